The van der Waals surface area contributed by atoms with Gasteiger partial charge in [-0.1, -0.05) is 57.2 Å². The normalized spacial score (nSPS) is 10.9. The average Bonchev–Trinajstić information content (AvgIpc) is 2.74. The average molecular weight is 407 g/mol. The molecule has 0 aliphatic carbocycles. The summed E-state index contributed by atoms with van der Waals surface area (Å²) < 4.78 is 6.48. The van der Waals surface area contributed by atoms with Crippen molar-refractivity contribution in [2.45, 2.75) is 39.7 Å². The number of carbonyl (C=O) groups excluding carboxylic acids is 2. The van der Waals surface area contributed by atoms with E-state index >= 15 is 0 Å². The third kappa shape index (κ3) is 4.56. The lowest BCUT2D eigenvalue weighted by molar-refractivity contribution is -0.119. The van der Waals surface area contributed by atoms with Gasteiger partial charge in [0.25, 0.3) is 11.5 Å². The van der Waals surface area contributed by atoms with Crippen LogP contribution >= 0.6 is 0 Å². The van der Waals surface area contributed by atoms with Crippen LogP contribution in [0.5, 0.6) is 0 Å². The molecule has 7 nitrogen and oxygen atoms in total. The van der Waals surface area contributed by atoms with Crippen molar-refractivity contribution >= 4 is 28.3 Å². The smallest absolute Gasteiger partial charge is 0.359 e. The number of para-hydroxylation sites is 1. The summed E-state index contributed by atoms with van der Waals surface area (Å²) in [6.45, 7) is 5.92. The zero-order chi connectivity index (χ0) is 21.7. The second kappa shape index (κ2) is 9.35. The topological polar surface area (TPSA) is 90.3 Å². The lowest BCUT2D eigenvalue weighted by atomic mass is 10.0. The Morgan fingerprint density at radius 1 is 1.07 bits per heavy atom. The van der Waals surface area contributed by atoms with Crippen molar-refractivity contribution in [1.29, 1.82) is 0 Å². The summed E-state index contributed by atoms with van der Waals surface area (Å²) in [5.74, 6) is -0.954. The molecule has 1 heterocycles. The standard InChI is InChI=1S/C23H25N3O4/c1-4-13-26-22(28)18-11-6-5-10-17(18)21(25-26)23(29)30-14-20(27)24-19-12-8-7-9-16(19)15(2)3/h5-12,15H,4,13-14H2,1-3H3,(H,24,27). The molecule has 30 heavy (non-hydrogen) atoms. The Kier molecular flexibility index (Phi) is 6.61. The van der Waals surface area contributed by atoms with Gasteiger partial charge in [0.05, 0.1) is 5.39 Å². The number of fused-ring (bicyclic) bond motifs is 1. The number of ether oxygens (including phenoxy) is 1. The minimum Gasteiger partial charge on any atom is -0.451 e. The SMILES string of the molecule is CCCn1nc(C(=O)OCC(=O)Nc2ccccc2C(C)C)c2ccccc2c1=O. The van der Waals surface area contributed by atoms with E-state index in [1.807, 2.05) is 45.0 Å². The Balaban J connectivity index is 1.78. The van der Waals surface area contributed by atoms with Gasteiger partial charge < -0.3 is 10.1 Å². The van der Waals surface area contributed by atoms with Crippen molar-refractivity contribution in [3.63, 3.8) is 0 Å². The molecule has 0 saturated heterocycles. The summed E-state index contributed by atoms with van der Waals surface area (Å²) in [7, 11) is 0. The fourth-order valence-corrected chi connectivity index (χ4v) is 3.25. The van der Waals surface area contributed by atoms with Crippen molar-refractivity contribution < 1.29 is 14.3 Å². The number of aryl methyl sites for hydroxylation is 1. The molecular formula is C23H25N3O4. The molecule has 3 rings (SSSR count). The molecule has 0 fully saturated rings. The molecule has 7 heteroatoms. The van der Waals surface area contributed by atoms with Gasteiger partial charge >= 0.3 is 5.97 Å². The number of benzene rings is 2. The van der Waals surface area contributed by atoms with Crippen molar-refractivity contribution in [3.05, 3.63) is 70.1 Å². The first kappa shape index (κ1) is 21.2. The van der Waals surface area contributed by atoms with Crippen LogP contribution in [0, 0.1) is 0 Å². The van der Waals surface area contributed by atoms with Gasteiger partial charge in [-0.05, 0) is 30.0 Å². The third-order valence-electron chi connectivity index (χ3n) is 4.69. The van der Waals surface area contributed by atoms with E-state index in [0.29, 0.717) is 29.4 Å². The Labute approximate surface area is 174 Å². The Hall–Kier alpha value is -3.48. The first-order valence-electron chi connectivity index (χ1n) is 9.98. The molecule has 1 N–H and O–H groups in total. The molecule has 156 valence electrons. The molecule has 0 aliphatic rings. The maximum Gasteiger partial charge on any atom is 0.359 e. The van der Waals surface area contributed by atoms with Gasteiger partial charge in [-0.15, -0.1) is 0 Å². The number of amides is 1. The molecule has 0 saturated carbocycles. The zero-order valence-corrected chi connectivity index (χ0v) is 17.3. The quantitative estimate of drug-likeness (QED) is 0.603. The highest BCUT2D eigenvalue weighted by molar-refractivity contribution is 6.03. The van der Waals surface area contributed by atoms with Crippen LogP contribution in [0.15, 0.2) is 53.3 Å². The number of esters is 1. The zero-order valence-electron chi connectivity index (χ0n) is 17.3. The molecule has 2 aromatic carbocycles. The molecule has 1 aromatic heterocycles. The molecule has 0 unspecified atom stereocenters. The first-order chi connectivity index (χ1) is 14.4. The van der Waals surface area contributed by atoms with Gasteiger partial charge in [-0.25, -0.2) is 9.48 Å². The van der Waals surface area contributed by atoms with E-state index in [1.165, 1.54) is 4.68 Å². The van der Waals surface area contributed by atoms with Crippen LogP contribution in [0.4, 0.5) is 5.69 Å². The predicted octanol–water partition coefficient (Wildman–Crippen LogP) is 3.73. The lowest BCUT2D eigenvalue weighted by Crippen LogP contribution is -2.27. The van der Waals surface area contributed by atoms with Crippen LogP contribution in [0.3, 0.4) is 0 Å². The van der Waals surface area contributed by atoms with Gasteiger partial charge in [0, 0.05) is 17.6 Å². The van der Waals surface area contributed by atoms with Crippen molar-refractivity contribution in [2.24, 2.45) is 0 Å². The molecule has 0 bridgehead atoms. The number of nitrogens with one attached hydrogen (secondary N) is 1. The van der Waals surface area contributed by atoms with E-state index < -0.39 is 18.5 Å². The molecule has 0 spiro atoms. The maximum atomic E-state index is 12.7. The highest BCUT2D eigenvalue weighted by atomic mass is 16.5. The van der Waals surface area contributed by atoms with Gasteiger partial charge in [-0.3, -0.25) is 9.59 Å². The number of anilines is 1. The molecule has 0 radical (unpaired) electrons. The van der Waals surface area contributed by atoms with E-state index in [9.17, 15) is 14.4 Å². The van der Waals surface area contributed by atoms with Gasteiger partial charge in [0.1, 0.15) is 0 Å². The molecule has 1 amide bonds. The summed E-state index contributed by atoms with van der Waals surface area (Å²) >= 11 is 0. The van der Waals surface area contributed by atoms with E-state index in [-0.39, 0.29) is 17.2 Å². The number of hydrogen-bond acceptors (Lipinski definition) is 5. The summed E-state index contributed by atoms with van der Waals surface area (Å²) in [4.78, 5) is 37.6. The van der Waals surface area contributed by atoms with Crippen LogP contribution in [0.1, 0.15) is 49.2 Å². The van der Waals surface area contributed by atoms with E-state index in [0.717, 1.165) is 5.56 Å². The Bertz CT molecular complexity index is 1130. The van der Waals surface area contributed by atoms with Crippen LogP contribution in [-0.2, 0) is 16.1 Å². The number of aromatic nitrogens is 2. The van der Waals surface area contributed by atoms with Crippen molar-refractivity contribution in [1.82, 2.24) is 9.78 Å². The number of nitrogens with zero attached hydrogens (tertiary/aromatic N) is 2. The summed E-state index contributed by atoms with van der Waals surface area (Å²) in [5, 5.41) is 7.77. The van der Waals surface area contributed by atoms with Crippen molar-refractivity contribution in [2.75, 3.05) is 11.9 Å². The molecule has 0 atom stereocenters. The Morgan fingerprint density at radius 3 is 2.43 bits per heavy atom. The molecule has 3 aromatic rings. The van der Waals surface area contributed by atoms with E-state index in [2.05, 4.69) is 10.4 Å². The first-order valence-corrected chi connectivity index (χ1v) is 9.98. The lowest BCUT2D eigenvalue weighted by Gasteiger charge is -2.14. The molecule has 0 aliphatic heterocycles. The number of rotatable bonds is 7. The second-order valence-corrected chi connectivity index (χ2v) is 7.29. The summed E-state index contributed by atoms with van der Waals surface area (Å²) in [6.07, 6.45) is 0.692. The monoisotopic (exact) mass is 407 g/mol. The minimum atomic E-state index is -0.747. The van der Waals surface area contributed by atoms with Crippen LogP contribution in [0.2, 0.25) is 0 Å². The number of hydrogen-bond donors (Lipinski definition) is 1. The van der Waals surface area contributed by atoms with Gasteiger partial charge in [0.15, 0.2) is 12.3 Å². The van der Waals surface area contributed by atoms with Gasteiger partial charge in [-0.2, -0.15) is 5.10 Å². The highest BCUT2D eigenvalue weighted by Gasteiger charge is 2.19. The molecular weight excluding hydrogens is 382 g/mol. The van der Waals surface area contributed by atoms with Gasteiger partial charge in [0.2, 0.25) is 0 Å². The number of carbonyl (C=O) groups is 2. The highest BCUT2D eigenvalue weighted by Crippen LogP contribution is 2.23. The summed E-state index contributed by atoms with van der Waals surface area (Å²) in [5.41, 5.74) is 1.45. The second-order valence-electron chi connectivity index (χ2n) is 7.29. The van der Waals surface area contributed by atoms with Crippen molar-refractivity contribution in [3.8, 4) is 0 Å². The predicted molar refractivity (Wildman–Crippen MR) is 116 cm³/mol. The largest absolute Gasteiger partial charge is 0.451 e. The minimum absolute atomic E-state index is 0.0223. The fourth-order valence-electron chi connectivity index (χ4n) is 3.25. The van der Waals surface area contributed by atoms with Crippen LogP contribution < -0.4 is 10.9 Å². The maximum absolute atomic E-state index is 12.7. The summed E-state index contributed by atoms with van der Waals surface area (Å²) in [6, 6.07) is 14.2. The van der Waals surface area contributed by atoms with Crippen LogP contribution in [0.25, 0.3) is 10.8 Å². The Morgan fingerprint density at radius 2 is 1.73 bits per heavy atom. The van der Waals surface area contributed by atoms with E-state index in [4.69, 9.17) is 4.74 Å². The van der Waals surface area contributed by atoms with Crippen LogP contribution in [-0.4, -0.2) is 28.3 Å². The fraction of sp³-hybridized carbons (Fsp3) is 0.304. The third-order valence-corrected chi connectivity index (χ3v) is 4.69. The van der Waals surface area contributed by atoms with E-state index in [1.54, 1.807) is 24.3 Å².